The van der Waals surface area contributed by atoms with Gasteiger partial charge in [0.15, 0.2) is 0 Å². The fraction of sp³-hybridized carbons (Fsp3) is 0.108. The third-order valence-corrected chi connectivity index (χ3v) is 8.03. The minimum atomic E-state index is 0. The third kappa shape index (κ3) is 4.94. The maximum atomic E-state index is 2.34. The number of rotatable bonds is 1. The van der Waals surface area contributed by atoms with Gasteiger partial charge in [-0.2, -0.15) is 0 Å². The standard InChI is InChI=1S/C20H18.C17H11.2ClH.Zr/c1-13(2)19-16-9-5-6-10-17(16)20-15-8-4-3-7-14(15)11-12-18(19)20;1-3-7-15-12(5-1)9-10-14-11-13-6-2-4-8-16(13)17(14)15;;;/h3-13,19H,1-2H3;1-11H;2*1H;/q;-1;;;+3/p-2. The van der Waals surface area contributed by atoms with Crippen molar-refractivity contribution in [3.8, 4) is 11.1 Å². The molecule has 0 heterocycles. The van der Waals surface area contributed by atoms with Crippen molar-refractivity contribution in [3.05, 3.63) is 139 Å². The van der Waals surface area contributed by atoms with Crippen LogP contribution in [-0.4, -0.2) is 0 Å². The van der Waals surface area contributed by atoms with Crippen molar-refractivity contribution < 1.29 is 51.0 Å². The van der Waals surface area contributed by atoms with Crippen LogP contribution in [0.1, 0.15) is 30.9 Å². The normalized spacial score (nSPS) is 13.1. The van der Waals surface area contributed by atoms with E-state index in [-0.39, 0.29) is 51.0 Å². The van der Waals surface area contributed by atoms with Crippen LogP contribution in [-0.2, 0) is 26.2 Å². The first-order chi connectivity index (χ1) is 18.2. The molecule has 0 saturated heterocycles. The Bertz CT molecular complexity index is 1930. The molecule has 0 bridgehead atoms. The largest absolute Gasteiger partial charge is 3.00 e. The molecular weight excluding hydrogens is 607 g/mol. The van der Waals surface area contributed by atoms with E-state index in [1.807, 2.05) is 0 Å². The smallest absolute Gasteiger partial charge is 1.00 e. The van der Waals surface area contributed by atoms with Gasteiger partial charge in [0.25, 0.3) is 0 Å². The zero-order chi connectivity index (χ0) is 24.9. The zero-order valence-electron chi connectivity index (χ0n) is 22.5. The Kier molecular flexibility index (Phi) is 9.31. The van der Waals surface area contributed by atoms with Gasteiger partial charge in [0, 0.05) is 5.92 Å². The van der Waals surface area contributed by atoms with E-state index in [1.165, 1.54) is 65.3 Å². The topological polar surface area (TPSA) is 0 Å². The van der Waals surface area contributed by atoms with Crippen LogP contribution in [0.15, 0.2) is 127 Å². The van der Waals surface area contributed by atoms with Gasteiger partial charge >= 0.3 is 26.2 Å². The first-order valence-electron chi connectivity index (χ1n) is 13.3. The second-order valence-electron chi connectivity index (χ2n) is 10.5. The molecule has 1 radical (unpaired) electrons. The number of hydrogen-bond donors (Lipinski definition) is 0. The zero-order valence-corrected chi connectivity index (χ0v) is 26.5. The van der Waals surface area contributed by atoms with Crippen molar-refractivity contribution in [2.45, 2.75) is 19.8 Å². The summed E-state index contributed by atoms with van der Waals surface area (Å²) in [4.78, 5) is 0. The minimum Gasteiger partial charge on any atom is -1.00 e. The quantitative estimate of drug-likeness (QED) is 0.234. The molecule has 1 atom stereocenters. The predicted octanol–water partition coefficient (Wildman–Crippen LogP) is 4.48. The molecule has 195 valence electrons. The van der Waals surface area contributed by atoms with Crippen LogP contribution >= 0.6 is 0 Å². The van der Waals surface area contributed by atoms with Crippen LogP contribution in [0.25, 0.3) is 54.2 Å². The average molecular weight is 636 g/mol. The van der Waals surface area contributed by atoms with Crippen molar-refractivity contribution in [1.29, 1.82) is 0 Å². The van der Waals surface area contributed by atoms with E-state index in [9.17, 15) is 0 Å². The molecule has 0 aliphatic heterocycles. The second kappa shape index (κ2) is 12.4. The fourth-order valence-corrected chi connectivity index (χ4v) is 6.46. The Hall–Kier alpha value is -2.83. The molecule has 1 unspecified atom stereocenters. The van der Waals surface area contributed by atoms with Crippen LogP contribution < -0.4 is 24.8 Å². The van der Waals surface area contributed by atoms with Gasteiger partial charge in [0.05, 0.1) is 0 Å². The minimum absolute atomic E-state index is 0. The molecule has 7 aromatic rings. The summed E-state index contributed by atoms with van der Waals surface area (Å²) in [5, 5.41) is 10.8. The summed E-state index contributed by atoms with van der Waals surface area (Å²) in [6, 6.07) is 46.2. The summed E-state index contributed by atoms with van der Waals surface area (Å²) < 4.78 is 0. The maximum absolute atomic E-state index is 2.34. The van der Waals surface area contributed by atoms with Gasteiger partial charge in [0.2, 0.25) is 0 Å². The number of benzene rings is 6. The number of fused-ring (bicyclic) bond motifs is 10. The van der Waals surface area contributed by atoms with E-state index in [4.69, 9.17) is 0 Å². The average Bonchev–Trinajstić information content (AvgIpc) is 3.50. The number of hydrogen-bond acceptors (Lipinski definition) is 0. The van der Waals surface area contributed by atoms with E-state index in [1.54, 1.807) is 0 Å². The Balaban J connectivity index is 0.000000174. The molecule has 0 fully saturated rings. The molecule has 8 rings (SSSR count). The van der Waals surface area contributed by atoms with Crippen LogP contribution in [0.2, 0.25) is 0 Å². The van der Waals surface area contributed by atoms with Crippen molar-refractivity contribution in [2.75, 3.05) is 0 Å². The third-order valence-electron chi connectivity index (χ3n) is 8.03. The van der Waals surface area contributed by atoms with E-state index < -0.39 is 0 Å². The van der Waals surface area contributed by atoms with Gasteiger partial charge in [-0.3, -0.25) is 0 Å². The van der Waals surface area contributed by atoms with Gasteiger partial charge in [-0.15, -0.1) is 39.7 Å². The van der Waals surface area contributed by atoms with Crippen LogP contribution in [0.4, 0.5) is 0 Å². The molecule has 0 amide bonds. The van der Waals surface area contributed by atoms with Crippen molar-refractivity contribution in [3.63, 3.8) is 0 Å². The molecule has 7 aromatic carbocycles. The molecule has 1 aliphatic rings. The van der Waals surface area contributed by atoms with Crippen molar-refractivity contribution in [2.24, 2.45) is 5.92 Å². The first-order valence-corrected chi connectivity index (χ1v) is 13.3. The Morgan fingerprint density at radius 3 is 1.85 bits per heavy atom. The SMILES string of the molecule is CC(C)C1c2ccccc2-c2c1ccc1ccccc21.[Cl-].[Cl-].[Zr+3].c1ccc2c(c1)ccc1[cH-]c3ccccc3c12. The summed E-state index contributed by atoms with van der Waals surface area (Å²) in [6.07, 6.45) is 0. The van der Waals surface area contributed by atoms with E-state index >= 15 is 0 Å². The molecule has 3 heteroatoms. The van der Waals surface area contributed by atoms with E-state index in [2.05, 4.69) is 141 Å². The Labute approximate surface area is 267 Å². The first kappa shape index (κ1) is 30.1. The Morgan fingerprint density at radius 1 is 0.525 bits per heavy atom. The summed E-state index contributed by atoms with van der Waals surface area (Å²) in [6.45, 7) is 4.65. The Morgan fingerprint density at radius 2 is 1.10 bits per heavy atom. The molecule has 0 N–H and O–H groups in total. The van der Waals surface area contributed by atoms with Gasteiger partial charge in [-0.05, 0) is 44.3 Å². The van der Waals surface area contributed by atoms with Crippen LogP contribution in [0.5, 0.6) is 0 Å². The van der Waals surface area contributed by atoms with Crippen LogP contribution in [0, 0.1) is 5.92 Å². The molecule has 0 saturated carbocycles. The molecule has 40 heavy (non-hydrogen) atoms. The van der Waals surface area contributed by atoms with Crippen molar-refractivity contribution in [1.82, 2.24) is 0 Å². The van der Waals surface area contributed by atoms with Gasteiger partial charge < -0.3 is 24.8 Å². The van der Waals surface area contributed by atoms with E-state index in [0.717, 1.165) is 0 Å². The summed E-state index contributed by atoms with van der Waals surface area (Å²) in [7, 11) is 0. The van der Waals surface area contributed by atoms with Gasteiger partial charge in [-0.1, -0.05) is 128 Å². The van der Waals surface area contributed by atoms with Gasteiger partial charge in [0.1, 0.15) is 0 Å². The molecular formula is C37H29Cl2Zr. The molecule has 1 aliphatic carbocycles. The van der Waals surface area contributed by atoms with E-state index in [0.29, 0.717) is 11.8 Å². The summed E-state index contributed by atoms with van der Waals surface area (Å²) in [5.74, 6) is 1.16. The van der Waals surface area contributed by atoms with Crippen LogP contribution in [0.3, 0.4) is 0 Å². The predicted molar refractivity (Wildman–Crippen MR) is 161 cm³/mol. The fourth-order valence-electron chi connectivity index (χ4n) is 6.46. The summed E-state index contributed by atoms with van der Waals surface area (Å²) >= 11 is 0. The van der Waals surface area contributed by atoms with Crippen molar-refractivity contribution >= 4 is 43.1 Å². The number of halogens is 2. The maximum Gasteiger partial charge on any atom is 3.00 e. The molecule has 0 aromatic heterocycles. The molecule has 0 spiro atoms. The molecule has 0 nitrogen and oxygen atoms in total. The second-order valence-corrected chi connectivity index (χ2v) is 10.5. The van der Waals surface area contributed by atoms with Gasteiger partial charge in [-0.25, -0.2) is 0 Å². The summed E-state index contributed by atoms with van der Waals surface area (Å²) in [5.41, 5.74) is 5.88. The monoisotopic (exact) mass is 633 g/mol.